The lowest BCUT2D eigenvalue weighted by Gasteiger charge is -1.97. The molecule has 2 rings (SSSR count). The minimum absolute atomic E-state index is 0. The monoisotopic (exact) mass is 221 g/mol. The van der Waals surface area contributed by atoms with Crippen molar-refractivity contribution < 1.29 is 0 Å². The van der Waals surface area contributed by atoms with Gasteiger partial charge in [-0.1, -0.05) is 50.0 Å². The van der Waals surface area contributed by atoms with E-state index in [0.29, 0.717) is 5.13 Å². The average Bonchev–Trinajstić information content (AvgIpc) is 2.65. The molecule has 4 heteroatoms. The predicted molar refractivity (Wildman–Crippen MR) is 65.9 cm³/mol. The molecule has 3 nitrogen and oxygen atoms in total. The van der Waals surface area contributed by atoms with Crippen LogP contribution in [0.4, 0.5) is 5.13 Å². The van der Waals surface area contributed by atoms with Crippen molar-refractivity contribution in [2.75, 3.05) is 5.73 Å². The maximum Gasteiger partial charge on any atom is 0.203 e. The van der Waals surface area contributed by atoms with Gasteiger partial charge in [-0.15, -0.1) is 10.2 Å². The van der Waals surface area contributed by atoms with Crippen molar-refractivity contribution in [2.45, 2.75) is 20.8 Å². The van der Waals surface area contributed by atoms with Crippen molar-refractivity contribution in [3.05, 3.63) is 29.8 Å². The Morgan fingerprint density at radius 2 is 1.87 bits per heavy atom. The lowest BCUT2D eigenvalue weighted by Crippen LogP contribution is -1.81. The first-order valence-electron chi connectivity index (χ1n) is 4.48. The van der Waals surface area contributed by atoms with E-state index in [2.05, 4.69) is 41.4 Å². The first-order valence-corrected chi connectivity index (χ1v) is 5.29. The fourth-order valence-electron chi connectivity index (χ4n) is 1.23. The standard InChI is InChI=1S/C10H11N3S.CH4/c1-2-7-3-5-8(6-4-7)9-12-13-10(11)14-9;/h3-6H,2H2,1H3,(H2,11,13);1H4. The summed E-state index contributed by atoms with van der Waals surface area (Å²) in [4.78, 5) is 0. The topological polar surface area (TPSA) is 51.8 Å². The highest BCUT2D eigenvalue weighted by atomic mass is 32.1. The molecular weight excluding hydrogens is 206 g/mol. The van der Waals surface area contributed by atoms with E-state index in [1.54, 1.807) is 0 Å². The van der Waals surface area contributed by atoms with Crippen molar-refractivity contribution in [3.63, 3.8) is 0 Å². The number of aryl methyl sites for hydroxylation is 1. The highest BCUT2D eigenvalue weighted by Gasteiger charge is 2.03. The van der Waals surface area contributed by atoms with E-state index in [9.17, 15) is 0 Å². The Hall–Kier alpha value is -1.42. The van der Waals surface area contributed by atoms with Crippen LogP contribution >= 0.6 is 11.3 Å². The van der Waals surface area contributed by atoms with Crippen LogP contribution in [0, 0.1) is 0 Å². The Morgan fingerprint density at radius 3 is 2.33 bits per heavy atom. The summed E-state index contributed by atoms with van der Waals surface area (Å²) in [7, 11) is 0. The van der Waals surface area contributed by atoms with Crippen molar-refractivity contribution in [1.29, 1.82) is 0 Å². The zero-order chi connectivity index (χ0) is 9.97. The molecule has 2 N–H and O–H groups in total. The Bertz CT molecular complexity index is 420. The fraction of sp³-hybridized carbons (Fsp3) is 0.273. The highest BCUT2D eigenvalue weighted by Crippen LogP contribution is 2.24. The molecule has 0 fully saturated rings. The van der Waals surface area contributed by atoms with Crippen LogP contribution in [-0.2, 0) is 6.42 Å². The third-order valence-electron chi connectivity index (χ3n) is 2.05. The van der Waals surface area contributed by atoms with Gasteiger partial charge in [-0.3, -0.25) is 0 Å². The van der Waals surface area contributed by atoms with Gasteiger partial charge in [0.25, 0.3) is 0 Å². The van der Waals surface area contributed by atoms with Crippen LogP contribution in [0.5, 0.6) is 0 Å². The van der Waals surface area contributed by atoms with Gasteiger partial charge in [0, 0.05) is 5.56 Å². The Morgan fingerprint density at radius 1 is 1.20 bits per heavy atom. The van der Waals surface area contributed by atoms with Crippen LogP contribution < -0.4 is 5.73 Å². The molecule has 0 atom stereocenters. The summed E-state index contributed by atoms with van der Waals surface area (Å²) >= 11 is 1.41. The van der Waals surface area contributed by atoms with Gasteiger partial charge in [0.2, 0.25) is 5.13 Å². The summed E-state index contributed by atoms with van der Waals surface area (Å²) in [6.07, 6.45) is 1.05. The molecule has 0 aliphatic rings. The number of nitrogen functional groups attached to an aromatic ring is 1. The van der Waals surface area contributed by atoms with E-state index >= 15 is 0 Å². The molecule has 0 bridgehead atoms. The normalized spacial score (nSPS) is 9.67. The van der Waals surface area contributed by atoms with Crippen LogP contribution in [-0.4, -0.2) is 10.2 Å². The van der Waals surface area contributed by atoms with Crippen LogP contribution in [0.2, 0.25) is 0 Å². The van der Waals surface area contributed by atoms with E-state index < -0.39 is 0 Å². The minimum Gasteiger partial charge on any atom is -0.374 e. The second-order valence-electron chi connectivity index (χ2n) is 3.00. The number of aromatic nitrogens is 2. The second-order valence-corrected chi connectivity index (χ2v) is 4.01. The first kappa shape index (κ1) is 11.7. The number of hydrogen-bond acceptors (Lipinski definition) is 4. The molecule has 1 aromatic carbocycles. The lowest BCUT2D eigenvalue weighted by atomic mass is 10.1. The first-order chi connectivity index (χ1) is 6.79. The van der Waals surface area contributed by atoms with Gasteiger partial charge < -0.3 is 5.73 Å². The Balaban J connectivity index is 0.00000112. The maximum absolute atomic E-state index is 5.52. The fourth-order valence-corrected chi connectivity index (χ4v) is 1.85. The summed E-state index contributed by atoms with van der Waals surface area (Å²) in [5.74, 6) is 0. The van der Waals surface area contributed by atoms with Crippen LogP contribution in [0.1, 0.15) is 19.9 Å². The van der Waals surface area contributed by atoms with Gasteiger partial charge in [-0.2, -0.15) is 0 Å². The third kappa shape index (κ3) is 2.53. The second kappa shape index (κ2) is 4.89. The van der Waals surface area contributed by atoms with E-state index in [1.165, 1.54) is 16.9 Å². The van der Waals surface area contributed by atoms with Gasteiger partial charge in [0.15, 0.2) is 0 Å². The summed E-state index contributed by atoms with van der Waals surface area (Å²) < 4.78 is 0. The number of nitrogens with two attached hydrogens (primary N) is 1. The van der Waals surface area contributed by atoms with Crippen LogP contribution in [0.15, 0.2) is 24.3 Å². The van der Waals surface area contributed by atoms with E-state index in [-0.39, 0.29) is 7.43 Å². The summed E-state index contributed by atoms with van der Waals surface area (Å²) in [6, 6.07) is 8.32. The highest BCUT2D eigenvalue weighted by molar-refractivity contribution is 7.18. The average molecular weight is 221 g/mol. The zero-order valence-electron chi connectivity index (χ0n) is 7.90. The van der Waals surface area contributed by atoms with Crippen LogP contribution in [0.3, 0.4) is 0 Å². The minimum atomic E-state index is 0. The molecule has 0 radical (unpaired) electrons. The van der Waals surface area contributed by atoms with Gasteiger partial charge in [-0.25, -0.2) is 0 Å². The molecular formula is C11H15N3S. The van der Waals surface area contributed by atoms with Gasteiger partial charge in [-0.05, 0) is 12.0 Å². The molecule has 80 valence electrons. The molecule has 0 spiro atoms. The quantitative estimate of drug-likeness (QED) is 0.848. The molecule has 0 aliphatic heterocycles. The third-order valence-corrected chi connectivity index (χ3v) is 2.85. The predicted octanol–water partition coefficient (Wildman–Crippen LogP) is 2.99. The molecule has 0 saturated carbocycles. The van der Waals surface area contributed by atoms with Gasteiger partial charge in [0.05, 0.1) is 0 Å². The number of anilines is 1. The van der Waals surface area contributed by atoms with Crippen molar-refractivity contribution in [2.24, 2.45) is 0 Å². The number of hydrogen-bond donors (Lipinski definition) is 1. The molecule has 1 aromatic heterocycles. The maximum atomic E-state index is 5.52. The smallest absolute Gasteiger partial charge is 0.203 e. The molecule has 1 heterocycles. The molecule has 0 saturated heterocycles. The number of benzene rings is 1. The van der Waals surface area contributed by atoms with Crippen LogP contribution in [0.25, 0.3) is 10.6 Å². The van der Waals surface area contributed by atoms with Gasteiger partial charge in [0.1, 0.15) is 5.01 Å². The summed E-state index contributed by atoms with van der Waals surface area (Å²) in [6.45, 7) is 2.14. The molecule has 0 aliphatic carbocycles. The van der Waals surface area contributed by atoms with E-state index in [0.717, 1.165) is 17.0 Å². The van der Waals surface area contributed by atoms with Gasteiger partial charge >= 0.3 is 0 Å². The summed E-state index contributed by atoms with van der Waals surface area (Å²) in [5.41, 5.74) is 7.92. The Labute approximate surface area is 94.0 Å². The van der Waals surface area contributed by atoms with E-state index in [4.69, 9.17) is 5.73 Å². The van der Waals surface area contributed by atoms with Crippen molar-refractivity contribution in [1.82, 2.24) is 10.2 Å². The van der Waals surface area contributed by atoms with Crippen molar-refractivity contribution in [3.8, 4) is 10.6 Å². The molecule has 15 heavy (non-hydrogen) atoms. The van der Waals surface area contributed by atoms with Crippen molar-refractivity contribution >= 4 is 16.5 Å². The Kier molecular flexibility index (Phi) is 3.80. The zero-order valence-corrected chi connectivity index (χ0v) is 8.71. The molecule has 0 unspecified atom stereocenters. The molecule has 2 aromatic rings. The SMILES string of the molecule is C.CCc1ccc(-c2nnc(N)s2)cc1. The molecule has 0 amide bonds. The largest absolute Gasteiger partial charge is 0.374 e. The number of rotatable bonds is 2. The lowest BCUT2D eigenvalue weighted by molar-refractivity contribution is 1.10. The van der Waals surface area contributed by atoms with E-state index in [1.807, 2.05) is 0 Å². The number of nitrogens with zero attached hydrogens (tertiary/aromatic N) is 2. The summed E-state index contributed by atoms with van der Waals surface area (Å²) in [5, 5.41) is 9.16.